The summed E-state index contributed by atoms with van der Waals surface area (Å²) in [5.41, 5.74) is 2.40. The quantitative estimate of drug-likeness (QED) is 0.221. The van der Waals surface area contributed by atoms with Crippen LogP contribution in [0.25, 0.3) is 6.08 Å². The number of aryl methyl sites for hydroxylation is 1. The van der Waals surface area contributed by atoms with E-state index < -0.39 is 11.9 Å². The Labute approximate surface area is 189 Å². The topological polar surface area (TPSA) is 79.2 Å². The van der Waals surface area contributed by atoms with Gasteiger partial charge in [0, 0.05) is 5.69 Å². The first-order valence-corrected chi connectivity index (χ1v) is 9.88. The summed E-state index contributed by atoms with van der Waals surface area (Å²) in [5.74, 6) is -0.709. The number of ether oxygens (including phenoxy) is 1. The van der Waals surface area contributed by atoms with E-state index in [1.54, 1.807) is 48.5 Å². The van der Waals surface area contributed by atoms with Gasteiger partial charge in [0.2, 0.25) is 0 Å². The number of nitrogens with zero attached hydrogens (tertiary/aromatic N) is 1. The first kappa shape index (κ1) is 22.1. The van der Waals surface area contributed by atoms with Gasteiger partial charge in [-0.3, -0.25) is 4.79 Å². The Kier molecular flexibility index (Phi) is 7.09. The average molecular weight is 451 g/mol. The number of benzene rings is 3. The first-order chi connectivity index (χ1) is 14.9. The molecule has 3 aromatic carbocycles. The molecule has 0 heterocycles. The largest absolute Gasteiger partial charge is 0.423 e. The van der Waals surface area contributed by atoms with Crippen LogP contribution in [0.2, 0.25) is 10.0 Å². The van der Waals surface area contributed by atoms with Crippen LogP contribution in [0.1, 0.15) is 21.5 Å². The maximum Gasteiger partial charge on any atom is 0.343 e. The summed E-state index contributed by atoms with van der Waals surface area (Å²) in [4.78, 5) is 24.6. The van der Waals surface area contributed by atoms with Crippen molar-refractivity contribution in [2.45, 2.75) is 6.92 Å². The number of amides is 1. The molecule has 5 nitrogen and oxygen atoms in total. The summed E-state index contributed by atoms with van der Waals surface area (Å²) < 4.78 is 5.35. The zero-order chi connectivity index (χ0) is 22.4. The molecular weight excluding hydrogens is 435 g/mol. The van der Waals surface area contributed by atoms with Crippen molar-refractivity contribution in [2.75, 3.05) is 5.32 Å². The smallest absolute Gasteiger partial charge is 0.343 e. The Morgan fingerprint density at radius 1 is 0.968 bits per heavy atom. The fourth-order valence-electron chi connectivity index (χ4n) is 2.58. The number of hydrogen-bond donors (Lipinski definition) is 1. The Balaban J connectivity index is 1.69. The van der Waals surface area contributed by atoms with Gasteiger partial charge in [0.15, 0.2) is 0 Å². The van der Waals surface area contributed by atoms with Crippen LogP contribution >= 0.6 is 23.2 Å². The number of carbonyl (C=O) groups is 2. The van der Waals surface area contributed by atoms with E-state index >= 15 is 0 Å². The highest BCUT2D eigenvalue weighted by atomic mass is 35.5. The fourth-order valence-corrected chi connectivity index (χ4v) is 2.87. The minimum atomic E-state index is -0.587. The molecule has 154 valence electrons. The summed E-state index contributed by atoms with van der Waals surface area (Å²) in [6.45, 7) is 1.93. The van der Waals surface area contributed by atoms with Gasteiger partial charge in [-0.25, -0.2) is 4.79 Å². The second kappa shape index (κ2) is 9.94. The highest BCUT2D eigenvalue weighted by Gasteiger charge is 2.11. The molecule has 0 unspecified atom stereocenters. The minimum Gasteiger partial charge on any atom is -0.423 e. The zero-order valence-corrected chi connectivity index (χ0v) is 17.9. The van der Waals surface area contributed by atoms with Crippen molar-refractivity contribution in [3.05, 3.63) is 99.0 Å². The second-order valence-electron chi connectivity index (χ2n) is 6.58. The number of anilines is 1. The molecule has 0 spiro atoms. The van der Waals surface area contributed by atoms with E-state index in [-0.39, 0.29) is 10.6 Å². The number of hydrogen-bond acceptors (Lipinski definition) is 4. The molecule has 0 bridgehead atoms. The number of halogens is 2. The van der Waals surface area contributed by atoms with E-state index in [4.69, 9.17) is 27.9 Å². The predicted octanol–water partition coefficient (Wildman–Crippen LogP) is 6.07. The molecule has 0 atom stereocenters. The molecule has 1 N–H and O–H groups in total. The van der Waals surface area contributed by atoms with Crippen LogP contribution in [0.3, 0.4) is 0 Å². The van der Waals surface area contributed by atoms with Crippen LogP contribution in [0.4, 0.5) is 5.69 Å². The molecule has 7 heteroatoms. The zero-order valence-electron chi connectivity index (χ0n) is 16.4. The Morgan fingerprint density at radius 2 is 1.65 bits per heavy atom. The van der Waals surface area contributed by atoms with E-state index in [1.165, 1.54) is 12.1 Å². The Bertz CT molecular complexity index is 1190. The maximum atomic E-state index is 12.4. The Morgan fingerprint density at radius 3 is 2.26 bits per heavy atom. The van der Waals surface area contributed by atoms with E-state index in [9.17, 15) is 14.9 Å². The SMILES string of the molecule is Cc1ccc(C(=O)Oc2ccc(/C=C(/C#N)C(=O)Nc3ccc(Cl)c(Cl)c3)cc2)cc1. The standard InChI is InChI=1S/C24H16Cl2N2O3/c1-15-2-6-17(7-3-15)24(30)31-20-9-4-16(5-10-20)12-18(14-27)23(29)28-19-8-11-21(25)22(26)13-19/h2-13H,1H3,(H,28,29)/b18-12-. The predicted molar refractivity (Wildman–Crippen MR) is 121 cm³/mol. The molecule has 1 amide bonds. The number of esters is 1. The van der Waals surface area contributed by atoms with E-state index in [2.05, 4.69) is 5.32 Å². The summed E-state index contributed by atoms with van der Waals surface area (Å²) in [6.07, 6.45) is 1.43. The van der Waals surface area contributed by atoms with Crippen LogP contribution in [-0.2, 0) is 4.79 Å². The van der Waals surface area contributed by atoms with Crippen molar-refractivity contribution in [3.63, 3.8) is 0 Å². The molecule has 0 radical (unpaired) electrons. The minimum absolute atomic E-state index is 0.101. The molecule has 0 saturated heterocycles. The molecule has 0 aliphatic rings. The van der Waals surface area contributed by atoms with Gasteiger partial charge >= 0.3 is 5.97 Å². The lowest BCUT2D eigenvalue weighted by atomic mass is 10.1. The summed E-state index contributed by atoms with van der Waals surface area (Å²) in [6, 6.07) is 20.0. The van der Waals surface area contributed by atoms with Gasteiger partial charge in [-0.05, 0) is 61.0 Å². The summed E-state index contributed by atoms with van der Waals surface area (Å²) in [7, 11) is 0. The average Bonchev–Trinajstić information content (AvgIpc) is 2.76. The third-order valence-electron chi connectivity index (χ3n) is 4.23. The lowest BCUT2D eigenvalue weighted by Gasteiger charge is -2.06. The van der Waals surface area contributed by atoms with Crippen molar-refractivity contribution in [2.24, 2.45) is 0 Å². The second-order valence-corrected chi connectivity index (χ2v) is 7.39. The number of rotatable bonds is 5. The van der Waals surface area contributed by atoms with Crippen LogP contribution in [0, 0.1) is 18.3 Å². The molecule has 3 rings (SSSR count). The third kappa shape index (κ3) is 5.95. The first-order valence-electron chi connectivity index (χ1n) is 9.13. The van der Waals surface area contributed by atoms with Gasteiger partial charge in [-0.1, -0.05) is 53.0 Å². The van der Waals surface area contributed by atoms with E-state index in [0.29, 0.717) is 27.6 Å². The number of nitrogens with one attached hydrogen (secondary N) is 1. The molecule has 0 fully saturated rings. The van der Waals surface area contributed by atoms with Crippen molar-refractivity contribution < 1.29 is 14.3 Å². The van der Waals surface area contributed by atoms with Crippen molar-refractivity contribution in [1.29, 1.82) is 5.26 Å². The van der Waals surface area contributed by atoms with Crippen LogP contribution < -0.4 is 10.1 Å². The van der Waals surface area contributed by atoms with Gasteiger partial charge in [0.25, 0.3) is 5.91 Å². The summed E-state index contributed by atoms with van der Waals surface area (Å²) in [5, 5.41) is 12.6. The van der Waals surface area contributed by atoms with Crippen molar-refractivity contribution in [3.8, 4) is 11.8 Å². The molecule has 0 saturated carbocycles. The Hall–Kier alpha value is -3.59. The fraction of sp³-hybridized carbons (Fsp3) is 0.0417. The highest BCUT2D eigenvalue weighted by Crippen LogP contribution is 2.25. The molecule has 0 aliphatic heterocycles. The highest BCUT2D eigenvalue weighted by molar-refractivity contribution is 6.42. The molecular formula is C24H16Cl2N2O3. The molecule has 31 heavy (non-hydrogen) atoms. The molecule has 0 aromatic heterocycles. The molecule has 0 aliphatic carbocycles. The van der Waals surface area contributed by atoms with Crippen LogP contribution in [-0.4, -0.2) is 11.9 Å². The van der Waals surface area contributed by atoms with Gasteiger partial charge in [-0.15, -0.1) is 0 Å². The van der Waals surface area contributed by atoms with Gasteiger partial charge in [-0.2, -0.15) is 5.26 Å². The monoisotopic (exact) mass is 450 g/mol. The molecule has 3 aromatic rings. The van der Waals surface area contributed by atoms with Crippen LogP contribution in [0.5, 0.6) is 5.75 Å². The van der Waals surface area contributed by atoms with E-state index in [0.717, 1.165) is 5.56 Å². The van der Waals surface area contributed by atoms with Gasteiger partial charge in [0.1, 0.15) is 17.4 Å². The van der Waals surface area contributed by atoms with Gasteiger partial charge in [0.05, 0.1) is 15.6 Å². The summed E-state index contributed by atoms with van der Waals surface area (Å²) >= 11 is 11.8. The lowest BCUT2D eigenvalue weighted by molar-refractivity contribution is -0.112. The van der Waals surface area contributed by atoms with Gasteiger partial charge < -0.3 is 10.1 Å². The maximum absolute atomic E-state index is 12.4. The van der Waals surface area contributed by atoms with Crippen molar-refractivity contribution in [1.82, 2.24) is 0 Å². The van der Waals surface area contributed by atoms with Crippen molar-refractivity contribution >= 4 is 46.8 Å². The van der Waals surface area contributed by atoms with E-state index in [1.807, 2.05) is 25.1 Å². The third-order valence-corrected chi connectivity index (χ3v) is 4.97. The normalized spacial score (nSPS) is 10.8. The number of nitriles is 1. The number of carbonyl (C=O) groups excluding carboxylic acids is 2. The van der Waals surface area contributed by atoms with Crippen LogP contribution in [0.15, 0.2) is 72.3 Å². The lowest BCUT2D eigenvalue weighted by Crippen LogP contribution is -2.13.